The van der Waals surface area contributed by atoms with Crippen LogP contribution in [0.1, 0.15) is 13.3 Å². The summed E-state index contributed by atoms with van der Waals surface area (Å²) in [5.74, 6) is 1.22. The third-order valence-corrected chi connectivity index (χ3v) is 4.16. The first-order chi connectivity index (χ1) is 9.65. The van der Waals surface area contributed by atoms with E-state index in [-0.39, 0.29) is 17.7 Å². The van der Waals surface area contributed by atoms with E-state index in [0.29, 0.717) is 6.04 Å². The number of aromatic nitrogens is 1. The Morgan fingerprint density at radius 3 is 2.85 bits per heavy atom. The van der Waals surface area contributed by atoms with Crippen LogP contribution in [0.3, 0.4) is 0 Å². The van der Waals surface area contributed by atoms with Crippen molar-refractivity contribution in [1.82, 2.24) is 15.2 Å². The van der Waals surface area contributed by atoms with Gasteiger partial charge in [-0.05, 0) is 25.5 Å². The number of hydrogen-bond acceptors (Lipinski definition) is 5. The van der Waals surface area contributed by atoms with E-state index in [9.17, 15) is 9.90 Å². The van der Waals surface area contributed by atoms with E-state index >= 15 is 0 Å². The van der Waals surface area contributed by atoms with E-state index in [1.807, 2.05) is 6.07 Å². The number of anilines is 1. The van der Waals surface area contributed by atoms with Crippen LogP contribution in [0.5, 0.6) is 5.75 Å². The average molecular weight is 276 g/mol. The van der Waals surface area contributed by atoms with E-state index < -0.39 is 0 Å². The molecule has 0 aliphatic carbocycles. The van der Waals surface area contributed by atoms with Gasteiger partial charge in [-0.1, -0.05) is 0 Å². The molecule has 0 aromatic carbocycles. The van der Waals surface area contributed by atoms with Crippen molar-refractivity contribution in [2.45, 2.75) is 25.4 Å². The molecular weight excluding hydrogens is 256 g/mol. The van der Waals surface area contributed by atoms with E-state index in [1.54, 1.807) is 6.07 Å². The lowest BCUT2D eigenvalue weighted by Crippen LogP contribution is -2.57. The molecule has 2 aliphatic heterocycles. The van der Waals surface area contributed by atoms with Crippen LogP contribution < -0.4 is 10.2 Å². The van der Waals surface area contributed by atoms with Gasteiger partial charge in [0.25, 0.3) is 0 Å². The third kappa shape index (κ3) is 2.43. The molecule has 0 spiro atoms. The van der Waals surface area contributed by atoms with Gasteiger partial charge in [0, 0.05) is 32.2 Å². The second-order valence-corrected chi connectivity index (χ2v) is 5.50. The molecular formula is C14H20N4O2. The summed E-state index contributed by atoms with van der Waals surface area (Å²) in [7, 11) is 0. The summed E-state index contributed by atoms with van der Waals surface area (Å²) in [5.41, 5.74) is 0. The minimum Gasteiger partial charge on any atom is -0.506 e. The zero-order chi connectivity index (χ0) is 14.1. The van der Waals surface area contributed by atoms with Crippen molar-refractivity contribution >= 4 is 11.7 Å². The maximum absolute atomic E-state index is 11.8. The molecule has 0 bridgehead atoms. The number of hydrogen-bond donors (Lipinski definition) is 2. The van der Waals surface area contributed by atoms with Crippen molar-refractivity contribution < 1.29 is 9.90 Å². The van der Waals surface area contributed by atoms with Gasteiger partial charge < -0.3 is 15.3 Å². The van der Waals surface area contributed by atoms with Crippen LogP contribution in [0.2, 0.25) is 0 Å². The summed E-state index contributed by atoms with van der Waals surface area (Å²) in [6, 6.07) is 3.83. The number of carbonyl (C=O) groups excluding carboxylic acids is 1. The van der Waals surface area contributed by atoms with Gasteiger partial charge in [-0.2, -0.15) is 0 Å². The molecule has 2 aliphatic rings. The van der Waals surface area contributed by atoms with Crippen molar-refractivity contribution in [1.29, 1.82) is 0 Å². The van der Waals surface area contributed by atoms with E-state index in [4.69, 9.17) is 0 Å². The fourth-order valence-corrected chi connectivity index (χ4v) is 3.11. The zero-order valence-corrected chi connectivity index (χ0v) is 11.6. The van der Waals surface area contributed by atoms with E-state index in [1.165, 1.54) is 6.20 Å². The summed E-state index contributed by atoms with van der Waals surface area (Å²) in [4.78, 5) is 20.5. The highest BCUT2D eigenvalue weighted by atomic mass is 16.3. The number of piperazine rings is 1. The molecule has 1 aromatic rings. The Balaban J connectivity index is 1.67. The molecule has 6 heteroatoms. The number of amides is 1. The van der Waals surface area contributed by atoms with E-state index in [0.717, 1.165) is 38.4 Å². The van der Waals surface area contributed by atoms with Crippen LogP contribution in [-0.4, -0.2) is 59.2 Å². The van der Waals surface area contributed by atoms with Crippen LogP contribution in [-0.2, 0) is 4.79 Å². The Labute approximate surface area is 118 Å². The molecule has 3 rings (SSSR count). The predicted molar refractivity (Wildman–Crippen MR) is 75.7 cm³/mol. The first kappa shape index (κ1) is 13.2. The number of aromatic hydroxyl groups is 1. The third-order valence-electron chi connectivity index (χ3n) is 4.16. The second kappa shape index (κ2) is 5.28. The van der Waals surface area contributed by atoms with E-state index in [2.05, 4.69) is 27.0 Å². The lowest BCUT2D eigenvalue weighted by atomic mass is 10.1. The zero-order valence-electron chi connectivity index (χ0n) is 11.6. The smallest absolute Gasteiger partial charge is 0.237 e. The summed E-state index contributed by atoms with van der Waals surface area (Å²) in [5, 5.41) is 12.2. The molecule has 2 fully saturated rings. The Bertz CT molecular complexity index is 490. The van der Waals surface area contributed by atoms with Gasteiger partial charge in [0.2, 0.25) is 5.91 Å². The standard InChI is InChI=1S/C14H20N4O2/c1-10-9-17(13-3-2-11(19)8-16-13)6-7-18(10)12-4-5-15-14(12)20/h2-3,8,10,12,19H,4-7,9H2,1H3,(H,15,20). The summed E-state index contributed by atoms with van der Waals surface area (Å²) >= 11 is 0. The first-order valence-electron chi connectivity index (χ1n) is 7.08. The highest BCUT2D eigenvalue weighted by Crippen LogP contribution is 2.22. The monoisotopic (exact) mass is 276 g/mol. The molecule has 0 radical (unpaired) electrons. The molecule has 1 aromatic heterocycles. The first-order valence-corrected chi connectivity index (χ1v) is 7.08. The van der Waals surface area contributed by atoms with Crippen molar-refractivity contribution in [3.05, 3.63) is 18.3 Å². The molecule has 2 unspecified atom stereocenters. The largest absolute Gasteiger partial charge is 0.506 e. The lowest BCUT2D eigenvalue weighted by molar-refractivity contribution is -0.124. The minimum absolute atomic E-state index is 0.0277. The molecule has 6 nitrogen and oxygen atoms in total. The Morgan fingerprint density at radius 1 is 1.40 bits per heavy atom. The van der Waals surface area contributed by atoms with Crippen molar-refractivity contribution in [3.8, 4) is 5.75 Å². The Morgan fingerprint density at radius 2 is 2.25 bits per heavy atom. The van der Waals surface area contributed by atoms with Crippen LogP contribution in [0, 0.1) is 0 Å². The second-order valence-electron chi connectivity index (χ2n) is 5.50. The highest BCUT2D eigenvalue weighted by molar-refractivity contribution is 5.83. The average Bonchev–Trinajstić information content (AvgIpc) is 2.86. The summed E-state index contributed by atoms with van der Waals surface area (Å²) in [6.45, 7) is 5.50. The Kier molecular flexibility index (Phi) is 3.48. The summed E-state index contributed by atoms with van der Waals surface area (Å²) < 4.78 is 0. The number of carbonyl (C=O) groups is 1. The molecule has 108 valence electrons. The maximum atomic E-state index is 11.8. The van der Waals surface area contributed by atoms with Gasteiger partial charge in [0.15, 0.2) is 0 Å². The molecule has 0 saturated carbocycles. The SMILES string of the molecule is CC1CN(c2ccc(O)cn2)CCN1C1CCNC1=O. The van der Waals surface area contributed by atoms with Crippen molar-refractivity contribution in [2.75, 3.05) is 31.1 Å². The number of nitrogens with zero attached hydrogens (tertiary/aromatic N) is 3. The van der Waals surface area contributed by atoms with Crippen LogP contribution in [0.25, 0.3) is 0 Å². The van der Waals surface area contributed by atoms with Crippen LogP contribution in [0.4, 0.5) is 5.82 Å². The normalized spacial score (nSPS) is 27.6. The van der Waals surface area contributed by atoms with Gasteiger partial charge in [-0.3, -0.25) is 9.69 Å². The van der Waals surface area contributed by atoms with Gasteiger partial charge in [-0.25, -0.2) is 4.98 Å². The van der Waals surface area contributed by atoms with Gasteiger partial charge >= 0.3 is 0 Å². The van der Waals surface area contributed by atoms with Crippen LogP contribution in [0.15, 0.2) is 18.3 Å². The van der Waals surface area contributed by atoms with Gasteiger partial charge in [0.1, 0.15) is 11.6 Å². The van der Waals surface area contributed by atoms with Crippen molar-refractivity contribution in [2.24, 2.45) is 0 Å². The van der Waals surface area contributed by atoms with Crippen LogP contribution >= 0.6 is 0 Å². The van der Waals surface area contributed by atoms with Gasteiger partial charge in [0.05, 0.1) is 12.2 Å². The molecule has 20 heavy (non-hydrogen) atoms. The molecule has 2 atom stereocenters. The molecule has 1 amide bonds. The maximum Gasteiger partial charge on any atom is 0.237 e. The molecule has 3 heterocycles. The number of nitrogens with one attached hydrogen (secondary N) is 1. The fraction of sp³-hybridized carbons (Fsp3) is 0.571. The van der Waals surface area contributed by atoms with Gasteiger partial charge in [-0.15, -0.1) is 0 Å². The lowest BCUT2D eigenvalue weighted by Gasteiger charge is -2.42. The quantitative estimate of drug-likeness (QED) is 0.807. The number of pyridine rings is 1. The fourth-order valence-electron chi connectivity index (χ4n) is 3.11. The topological polar surface area (TPSA) is 68.7 Å². The predicted octanol–water partition coefficient (Wildman–Crippen LogP) is 0.186. The minimum atomic E-state index is 0.0277. The number of rotatable bonds is 2. The molecule has 2 N–H and O–H groups in total. The summed E-state index contributed by atoms with van der Waals surface area (Å²) in [6.07, 6.45) is 2.37. The molecule has 2 saturated heterocycles. The Hall–Kier alpha value is -1.82. The highest BCUT2D eigenvalue weighted by Gasteiger charge is 2.36. The van der Waals surface area contributed by atoms with Crippen molar-refractivity contribution in [3.63, 3.8) is 0 Å².